The number of carboxylic acid groups (broad SMARTS) is 1. The Labute approximate surface area is 480 Å². The van der Waals surface area contributed by atoms with Gasteiger partial charge < -0.3 is 97.4 Å². The van der Waals surface area contributed by atoms with Crippen LogP contribution in [0.15, 0.2) is 0 Å². The Kier molecular flexibility index (Phi) is 35.4. The van der Waals surface area contributed by atoms with Crippen LogP contribution in [0.1, 0.15) is 139 Å². The van der Waals surface area contributed by atoms with Gasteiger partial charge in [-0.3, -0.25) is 59.4 Å². The summed E-state index contributed by atoms with van der Waals surface area (Å²) in [6.45, 7) is 15.5. The molecule has 468 valence electrons. The summed E-state index contributed by atoms with van der Waals surface area (Å²) in [7, 11) is 0. The number of hydrogen-bond acceptors (Lipinski definition) is 15. The third-order valence-corrected chi connectivity index (χ3v) is 12.7. The first-order valence-electron chi connectivity index (χ1n) is 27.8. The third-order valence-electron chi connectivity index (χ3n) is 12.7. The van der Waals surface area contributed by atoms with Gasteiger partial charge in [-0.1, -0.05) is 61.8 Å². The van der Waals surface area contributed by atoms with Gasteiger partial charge in [0.2, 0.25) is 53.2 Å². The zero-order chi connectivity index (χ0) is 63.0. The lowest BCUT2D eigenvalue weighted by Crippen LogP contribution is -2.62. The van der Waals surface area contributed by atoms with Crippen molar-refractivity contribution in [3.8, 4) is 0 Å². The van der Waals surface area contributed by atoms with E-state index in [1.54, 1.807) is 41.5 Å². The number of guanidine groups is 3. The second kappa shape index (κ2) is 39.0. The van der Waals surface area contributed by atoms with E-state index in [-0.39, 0.29) is 114 Å². The molecule has 0 rings (SSSR count). The van der Waals surface area contributed by atoms with Crippen LogP contribution in [0.3, 0.4) is 0 Å². The van der Waals surface area contributed by atoms with E-state index in [9.17, 15) is 58.2 Å². The second-order valence-corrected chi connectivity index (χ2v) is 21.8. The molecule has 11 unspecified atom stereocenters. The number of nitrogens with two attached hydrogens (primary N) is 5. The Balaban J connectivity index is 7.12. The molecular formula is C51H97N19O12. The number of nitrogens with one attached hydrogen (secondary N) is 14. The van der Waals surface area contributed by atoms with Gasteiger partial charge in [-0.05, 0) is 94.8 Å². The highest BCUT2D eigenvalue weighted by Gasteiger charge is 2.37. The van der Waals surface area contributed by atoms with Crippen molar-refractivity contribution in [2.75, 3.05) is 19.6 Å². The summed E-state index contributed by atoms with van der Waals surface area (Å²) in [4.78, 5) is 136. The normalized spacial score (nSPS) is 15.2. The SMILES string of the molecule is CCC(C)C(NC(=O)C(CCCNC(=N)N)NC(=O)C(CCC(N)=O)NC(=O)C(CC(C)C)NC(=O)C(CCCNC(=N)N)NC(=O)C(N)CC(C)C)C(=O)NC(CCCNC(=N)N)C(=O)NC(C(=O)NC(CC(C)C)C(=O)O)C(C)O. The third kappa shape index (κ3) is 31.4. The van der Waals surface area contributed by atoms with E-state index in [1.165, 1.54) is 6.92 Å². The van der Waals surface area contributed by atoms with Crippen LogP contribution in [0.2, 0.25) is 0 Å². The Hall–Kier alpha value is -7.57. The van der Waals surface area contributed by atoms with Gasteiger partial charge >= 0.3 is 5.97 Å². The van der Waals surface area contributed by atoms with Crippen molar-refractivity contribution in [2.45, 2.75) is 200 Å². The number of amides is 9. The summed E-state index contributed by atoms with van der Waals surface area (Å²) in [5, 5.41) is 71.2. The first-order valence-corrected chi connectivity index (χ1v) is 27.8. The smallest absolute Gasteiger partial charge is 0.326 e. The average Bonchev–Trinajstić information content (AvgIpc) is 3.42. The molecule has 11 atom stereocenters. The minimum Gasteiger partial charge on any atom is -0.480 e. The number of aliphatic hydroxyl groups excluding tert-OH is 1. The van der Waals surface area contributed by atoms with Crippen molar-refractivity contribution in [2.24, 2.45) is 52.3 Å². The lowest BCUT2D eigenvalue weighted by Gasteiger charge is -2.30. The van der Waals surface area contributed by atoms with Gasteiger partial charge in [0.1, 0.15) is 48.3 Å². The largest absolute Gasteiger partial charge is 0.480 e. The molecular weight excluding hydrogens is 1070 g/mol. The van der Waals surface area contributed by atoms with Crippen molar-refractivity contribution in [3.63, 3.8) is 0 Å². The lowest BCUT2D eigenvalue weighted by atomic mass is 9.96. The maximum absolute atomic E-state index is 14.5. The van der Waals surface area contributed by atoms with Crippen LogP contribution in [-0.2, 0) is 47.9 Å². The molecule has 0 aromatic carbocycles. The highest BCUT2D eigenvalue weighted by molar-refractivity contribution is 5.98. The highest BCUT2D eigenvalue weighted by Crippen LogP contribution is 2.14. The number of aliphatic hydroxyl groups is 1. The molecule has 0 aliphatic rings. The van der Waals surface area contributed by atoms with Gasteiger partial charge in [-0.25, -0.2) is 4.79 Å². The van der Waals surface area contributed by atoms with Crippen molar-refractivity contribution in [1.29, 1.82) is 16.2 Å². The van der Waals surface area contributed by atoms with Gasteiger partial charge in [-0.2, -0.15) is 0 Å². The van der Waals surface area contributed by atoms with Crippen molar-refractivity contribution < 1.29 is 58.2 Å². The molecule has 0 bridgehead atoms. The van der Waals surface area contributed by atoms with Crippen LogP contribution in [0.5, 0.6) is 0 Å². The van der Waals surface area contributed by atoms with Crippen LogP contribution < -0.4 is 87.2 Å². The Morgan fingerprint density at radius 3 is 1.11 bits per heavy atom. The van der Waals surface area contributed by atoms with E-state index < -0.39 is 138 Å². The van der Waals surface area contributed by atoms with Gasteiger partial charge in [0.25, 0.3) is 0 Å². The topological polar surface area (TPSA) is 545 Å². The molecule has 0 aliphatic heterocycles. The summed E-state index contributed by atoms with van der Waals surface area (Å²) in [6.07, 6.45) is -1.58. The maximum Gasteiger partial charge on any atom is 0.326 e. The van der Waals surface area contributed by atoms with Gasteiger partial charge in [0, 0.05) is 26.1 Å². The molecule has 26 N–H and O–H groups in total. The predicted molar refractivity (Wildman–Crippen MR) is 306 cm³/mol. The predicted octanol–water partition coefficient (Wildman–Crippen LogP) is -4.10. The fraction of sp³-hybridized carbons (Fsp3) is 0.745. The molecule has 0 aromatic rings. The molecule has 82 heavy (non-hydrogen) atoms. The number of carbonyl (C=O) groups excluding carboxylic acids is 9. The molecule has 31 heteroatoms. The lowest BCUT2D eigenvalue weighted by molar-refractivity contribution is -0.143. The molecule has 9 amide bonds. The van der Waals surface area contributed by atoms with Gasteiger partial charge in [-0.15, -0.1) is 0 Å². The standard InChI is InChI=1S/C51H97N19O12/c1-10-28(8)38(46(79)66-33(16-13-21-62-51(58)59)44(77)70-39(29(9)71)47(80)68-36(48(81)82)24-27(6)7)69-43(76)32(15-12-20-61-50(56)57)64-42(75)34(17-18-37(53)72)65-45(78)35(23-26(4)5)67-41(74)31(14-11-19-60-49(54)55)63-40(73)30(52)22-25(2)3/h25-36,38-39,71H,10-24,52H2,1-9H3,(H2,53,72)(H,63,73)(H,64,75)(H,65,78)(H,66,79)(H,67,74)(H,68,80)(H,69,76)(H,70,77)(H,81,82)(H4,54,55,60)(H4,56,57,61)(H4,58,59,62). The Morgan fingerprint density at radius 1 is 0.427 bits per heavy atom. The van der Waals surface area contributed by atoms with Crippen LogP contribution in [0.4, 0.5) is 0 Å². The van der Waals surface area contributed by atoms with E-state index >= 15 is 0 Å². The molecule has 0 fully saturated rings. The quantitative estimate of drug-likeness (QED) is 0.0157. The zero-order valence-corrected chi connectivity index (χ0v) is 49.1. The van der Waals surface area contributed by atoms with E-state index in [4.69, 9.17) is 44.9 Å². The molecule has 0 saturated heterocycles. The van der Waals surface area contributed by atoms with Gasteiger partial charge in [0.05, 0.1) is 12.1 Å². The molecule has 0 spiro atoms. The van der Waals surface area contributed by atoms with Crippen molar-refractivity contribution >= 4 is 77.0 Å². The summed E-state index contributed by atoms with van der Waals surface area (Å²) in [5.41, 5.74) is 27.9. The summed E-state index contributed by atoms with van der Waals surface area (Å²) in [6, 6.07) is -12.5. The Morgan fingerprint density at radius 2 is 0.744 bits per heavy atom. The monoisotopic (exact) mass is 1170 g/mol. The molecule has 0 heterocycles. The average molecular weight is 1170 g/mol. The first kappa shape index (κ1) is 74.4. The molecule has 0 saturated carbocycles. The number of aliphatic carboxylic acids is 1. The van der Waals surface area contributed by atoms with E-state index in [2.05, 4.69) is 58.5 Å². The van der Waals surface area contributed by atoms with Crippen molar-refractivity contribution in [1.82, 2.24) is 58.5 Å². The number of hydrogen-bond donors (Lipinski definition) is 21. The minimum absolute atomic E-state index is 0.0222. The summed E-state index contributed by atoms with van der Waals surface area (Å²) in [5.74, 6) is -11.3. The fourth-order valence-electron chi connectivity index (χ4n) is 8.19. The molecule has 0 aliphatic carbocycles. The molecule has 31 nitrogen and oxygen atoms in total. The number of carbonyl (C=O) groups is 10. The second-order valence-electron chi connectivity index (χ2n) is 21.8. The summed E-state index contributed by atoms with van der Waals surface area (Å²) < 4.78 is 0. The highest BCUT2D eigenvalue weighted by atomic mass is 16.4. The van der Waals surface area contributed by atoms with Gasteiger partial charge in [0.15, 0.2) is 17.9 Å². The first-order chi connectivity index (χ1) is 38.2. The summed E-state index contributed by atoms with van der Waals surface area (Å²) >= 11 is 0. The number of carboxylic acids is 1. The van der Waals surface area contributed by atoms with E-state index in [0.29, 0.717) is 6.42 Å². The van der Waals surface area contributed by atoms with Crippen LogP contribution in [0, 0.1) is 39.9 Å². The van der Waals surface area contributed by atoms with E-state index in [1.807, 2.05) is 13.8 Å². The number of rotatable bonds is 41. The van der Waals surface area contributed by atoms with Crippen LogP contribution in [-0.4, -0.2) is 167 Å². The maximum atomic E-state index is 14.5. The Bertz CT molecular complexity index is 2150. The van der Waals surface area contributed by atoms with E-state index in [0.717, 1.165) is 0 Å². The minimum atomic E-state index is -1.69. The molecule has 0 radical (unpaired) electrons. The fourth-order valence-corrected chi connectivity index (χ4v) is 8.19. The zero-order valence-electron chi connectivity index (χ0n) is 49.1. The van der Waals surface area contributed by atoms with Crippen LogP contribution >= 0.6 is 0 Å². The van der Waals surface area contributed by atoms with Crippen molar-refractivity contribution in [3.05, 3.63) is 0 Å². The van der Waals surface area contributed by atoms with Crippen LogP contribution in [0.25, 0.3) is 0 Å². The number of primary amides is 1. The molecule has 0 aromatic heterocycles.